The van der Waals surface area contributed by atoms with Crippen LogP contribution in [-0.4, -0.2) is 37.4 Å². The predicted molar refractivity (Wildman–Crippen MR) is 107 cm³/mol. The van der Waals surface area contributed by atoms with Crippen molar-refractivity contribution in [3.05, 3.63) is 65.7 Å². The van der Waals surface area contributed by atoms with E-state index in [0.717, 1.165) is 11.1 Å². The van der Waals surface area contributed by atoms with E-state index >= 15 is 0 Å². The van der Waals surface area contributed by atoms with E-state index in [2.05, 4.69) is 16.0 Å². The van der Waals surface area contributed by atoms with Crippen LogP contribution in [0.4, 0.5) is 5.69 Å². The van der Waals surface area contributed by atoms with Crippen LogP contribution in [0.2, 0.25) is 0 Å². The minimum absolute atomic E-state index is 0.124. The van der Waals surface area contributed by atoms with E-state index < -0.39 is 6.04 Å². The van der Waals surface area contributed by atoms with Crippen LogP contribution in [0.25, 0.3) is 0 Å². The van der Waals surface area contributed by atoms with E-state index in [4.69, 9.17) is 4.74 Å². The van der Waals surface area contributed by atoms with Gasteiger partial charge in [-0.25, -0.2) is 0 Å². The lowest BCUT2D eigenvalue weighted by Crippen LogP contribution is -2.46. The number of carbonyl (C=O) groups excluding carboxylic acids is 3. The number of amides is 2. The first-order valence-electron chi connectivity index (χ1n) is 8.99. The summed E-state index contributed by atoms with van der Waals surface area (Å²) < 4.78 is 4.91. The molecule has 0 aliphatic rings. The molecule has 0 radical (unpaired) electrons. The van der Waals surface area contributed by atoms with Gasteiger partial charge in [0.15, 0.2) is 0 Å². The molecular weight excluding hydrogens is 358 g/mol. The van der Waals surface area contributed by atoms with Gasteiger partial charge in [-0.1, -0.05) is 42.5 Å². The number of anilines is 1. The minimum atomic E-state index is -0.421. The molecule has 1 atom stereocenters. The van der Waals surface area contributed by atoms with Crippen molar-refractivity contribution in [1.29, 1.82) is 0 Å². The Morgan fingerprint density at radius 3 is 2.25 bits per heavy atom. The zero-order valence-corrected chi connectivity index (χ0v) is 16.0. The van der Waals surface area contributed by atoms with Gasteiger partial charge in [0.25, 0.3) is 0 Å². The average molecular weight is 383 g/mol. The van der Waals surface area contributed by atoms with E-state index in [0.29, 0.717) is 12.1 Å². The van der Waals surface area contributed by atoms with Gasteiger partial charge in [0.05, 0.1) is 12.6 Å². The van der Waals surface area contributed by atoms with E-state index in [-0.39, 0.29) is 30.9 Å². The molecule has 7 nitrogen and oxygen atoms in total. The summed E-state index contributed by atoms with van der Waals surface area (Å²) >= 11 is 0. The smallest absolute Gasteiger partial charge is 0.302 e. The number of benzene rings is 2. The SMILES string of the molecule is CN[C@@H](Cc1ccccc1)C(=O)NCC(=O)Nc1ccc(COC(C)=O)cc1. The van der Waals surface area contributed by atoms with Crippen molar-refractivity contribution in [3.63, 3.8) is 0 Å². The van der Waals surface area contributed by atoms with Crippen LogP contribution in [0, 0.1) is 0 Å². The number of ether oxygens (including phenoxy) is 1. The van der Waals surface area contributed by atoms with E-state index in [9.17, 15) is 14.4 Å². The zero-order chi connectivity index (χ0) is 20.4. The summed E-state index contributed by atoms with van der Waals surface area (Å²) in [7, 11) is 1.71. The van der Waals surface area contributed by atoms with Gasteiger partial charge in [-0.2, -0.15) is 0 Å². The molecule has 0 bridgehead atoms. The minimum Gasteiger partial charge on any atom is -0.461 e. The largest absolute Gasteiger partial charge is 0.461 e. The van der Waals surface area contributed by atoms with Gasteiger partial charge in [-0.05, 0) is 36.7 Å². The maximum absolute atomic E-state index is 12.3. The topological polar surface area (TPSA) is 96.5 Å². The van der Waals surface area contributed by atoms with Gasteiger partial charge in [0, 0.05) is 12.6 Å². The summed E-state index contributed by atoms with van der Waals surface area (Å²) in [6.07, 6.45) is 0.536. The Morgan fingerprint density at radius 2 is 1.64 bits per heavy atom. The van der Waals surface area contributed by atoms with Gasteiger partial charge in [0.1, 0.15) is 6.61 Å². The summed E-state index contributed by atoms with van der Waals surface area (Å²) in [6.45, 7) is 1.41. The van der Waals surface area contributed by atoms with Crippen LogP contribution in [0.1, 0.15) is 18.1 Å². The first-order chi connectivity index (χ1) is 13.5. The van der Waals surface area contributed by atoms with Crippen molar-refractivity contribution >= 4 is 23.5 Å². The van der Waals surface area contributed by atoms with Crippen molar-refractivity contribution < 1.29 is 19.1 Å². The lowest BCUT2D eigenvalue weighted by molar-refractivity contribution is -0.142. The van der Waals surface area contributed by atoms with Gasteiger partial charge in [-0.15, -0.1) is 0 Å². The summed E-state index contributed by atoms with van der Waals surface area (Å²) in [5.41, 5.74) is 2.45. The van der Waals surface area contributed by atoms with Crippen molar-refractivity contribution in [2.24, 2.45) is 0 Å². The monoisotopic (exact) mass is 383 g/mol. The molecule has 2 aromatic carbocycles. The number of rotatable bonds is 9. The Balaban J connectivity index is 1.79. The van der Waals surface area contributed by atoms with Crippen LogP contribution in [0.5, 0.6) is 0 Å². The fourth-order valence-electron chi connectivity index (χ4n) is 2.54. The van der Waals surface area contributed by atoms with Crippen molar-refractivity contribution in [3.8, 4) is 0 Å². The maximum Gasteiger partial charge on any atom is 0.302 e. The van der Waals surface area contributed by atoms with Crippen LogP contribution >= 0.6 is 0 Å². The predicted octanol–water partition coefficient (Wildman–Crippen LogP) is 1.64. The Bertz CT molecular complexity index is 791. The molecule has 3 N–H and O–H groups in total. The molecule has 0 aliphatic carbocycles. The summed E-state index contributed by atoms with van der Waals surface area (Å²) in [6, 6.07) is 16.2. The second-order valence-electron chi connectivity index (χ2n) is 6.27. The lowest BCUT2D eigenvalue weighted by Gasteiger charge is -2.16. The number of hydrogen-bond donors (Lipinski definition) is 3. The molecular formula is C21H25N3O4. The van der Waals surface area contributed by atoms with E-state index in [1.54, 1.807) is 31.3 Å². The highest BCUT2D eigenvalue weighted by Gasteiger charge is 2.17. The van der Waals surface area contributed by atoms with Crippen molar-refractivity contribution in [2.75, 3.05) is 18.9 Å². The second-order valence-corrected chi connectivity index (χ2v) is 6.27. The van der Waals surface area contributed by atoms with Gasteiger partial charge in [0.2, 0.25) is 11.8 Å². The number of hydrogen-bond acceptors (Lipinski definition) is 5. The number of likely N-dealkylation sites (N-methyl/N-ethyl adjacent to an activating group) is 1. The molecule has 0 unspecified atom stereocenters. The van der Waals surface area contributed by atoms with Gasteiger partial charge < -0.3 is 20.7 Å². The van der Waals surface area contributed by atoms with Crippen LogP contribution < -0.4 is 16.0 Å². The van der Waals surface area contributed by atoms with E-state index in [1.807, 2.05) is 30.3 Å². The molecule has 0 fully saturated rings. The first kappa shape index (κ1) is 21.1. The lowest BCUT2D eigenvalue weighted by atomic mass is 10.1. The van der Waals surface area contributed by atoms with E-state index in [1.165, 1.54) is 6.92 Å². The Labute approximate surface area is 164 Å². The summed E-state index contributed by atoms with van der Waals surface area (Å²) in [4.78, 5) is 35.2. The molecule has 2 rings (SSSR count). The van der Waals surface area contributed by atoms with Crippen molar-refractivity contribution in [1.82, 2.24) is 10.6 Å². The maximum atomic E-state index is 12.3. The Morgan fingerprint density at radius 1 is 0.964 bits per heavy atom. The quantitative estimate of drug-likeness (QED) is 0.572. The number of carbonyl (C=O) groups is 3. The Hall–Kier alpha value is -3.19. The van der Waals surface area contributed by atoms with Gasteiger partial charge >= 0.3 is 5.97 Å². The molecule has 0 saturated carbocycles. The highest BCUT2D eigenvalue weighted by Crippen LogP contribution is 2.10. The molecule has 28 heavy (non-hydrogen) atoms. The number of nitrogens with one attached hydrogen (secondary N) is 3. The third-order valence-electron chi connectivity index (χ3n) is 4.05. The molecule has 148 valence electrons. The average Bonchev–Trinajstić information content (AvgIpc) is 2.70. The molecule has 0 heterocycles. The first-order valence-corrected chi connectivity index (χ1v) is 8.99. The van der Waals surface area contributed by atoms with Crippen LogP contribution in [-0.2, 0) is 32.1 Å². The molecule has 0 aromatic heterocycles. The normalized spacial score (nSPS) is 11.4. The van der Waals surface area contributed by atoms with Gasteiger partial charge in [-0.3, -0.25) is 14.4 Å². The summed E-state index contributed by atoms with van der Waals surface area (Å²) in [5, 5.41) is 8.33. The highest BCUT2D eigenvalue weighted by molar-refractivity contribution is 5.95. The fraction of sp³-hybridized carbons (Fsp3) is 0.286. The van der Waals surface area contributed by atoms with Crippen LogP contribution in [0.15, 0.2) is 54.6 Å². The molecule has 0 saturated heterocycles. The molecule has 2 aromatic rings. The summed E-state index contributed by atoms with van der Waals surface area (Å²) in [5.74, 6) is -0.908. The number of esters is 1. The second kappa shape index (κ2) is 10.8. The third kappa shape index (κ3) is 7.20. The molecule has 0 aliphatic heterocycles. The van der Waals surface area contributed by atoms with Crippen molar-refractivity contribution in [2.45, 2.75) is 26.0 Å². The van der Waals surface area contributed by atoms with Crippen LogP contribution in [0.3, 0.4) is 0 Å². The highest BCUT2D eigenvalue weighted by atomic mass is 16.5. The zero-order valence-electron chi connectivity index (χ0n) is 16.0. The standard InChI is InChI=1S/C21H25N3O4/c1-15(25)28-14-17-8-10-18(11-9-17)24-20(26)13-23-21(27)19(22-2)12-16-6-4-3-5-7-16/h3-11,19,22H,12-14H2,1-2H3,(H,23,27)(H,24,26)/t19-/m0/s1. The molecule has 0 spiro atoms. The molecule has 2 amide bonds. The third-order valence-corrected chi connectivity index (χ3v) is 4.05. The molecule has 7 heteroatoms. The Kier molecular flexibility index (Phi) is 8.17. The fourth-order valence-corrected chi connectivity index (χ4v) is 2.54.